The van der Waals surface area contributed by atoms with Gasteiger partial charge in [0.15, 0.2) is 0 Å². The molecule has 2 aliphatic rings. The van der Waals surface area contributed by atoms with E-state index in [2.05, 4.69) is 29.5 Å². The Bertz CT molecular complexity index is 1050. The molecule has 8 heteroatoms. The minimum atomic E-state index is -1.21. The number of hydrogen-bond acceptors (Lipinski definition) is 5. The van der Waals surface area contributed by atoms with E-state index < -0.39 is 30.4 Å². The third-order valence-corrected chi connectivity index (χ3v) is 7.21. The van der Waals surface area contributed by atoms with Crippen molar-refractivity contribution in [1.82, 2.24) is 15.5 Å². The summed E-state index contributed by atoms with van der Waals surface area (Å²) in [4.78, 5) is 39.0. The number of piperidine rings is 1. The number of amides is 2. The minimum absolute atomic E-state index is 0.0558. The highest BCUT2D eigenvalue weighted by Gasteiger charge is 2.32. The zero-order valence-corrected chi connectivity index (χ0v) is 20.3. The van der Waals surface area contributed by atoms with Crippen molar-refractivity contribution < 1.29 is 24.2 Å². The Morgan fingerprint density at radius 3 is 2.20 bits per heavy atom. The Morgan fingerprint density at radius 1 is 1.06 bits per heavy atom. The van der Waals surface area contributed by atoms with Crippen LogP contribution in [0, 0.1) is 5.41 Å². The van der Waals surface area contributed by atoms with E-state index in [0.29, 0.717) is 6.54 Å². The van der Waals surface area contributed by atoms with Crippen LogP contribution in [0.15, 0.2) is 48.5 Å². The number of aliphatic carboxylic acids is 1. The van der Waals surface area contributed by atoms with E-state index in [1.165, 1.54) is 0 Å². The number of carboxylic acid groups (broad SMARTS) is 1. The maximum Gasteiger partial charge on any atom is 0.407 e. The largest absolute Gasteiger partial charge is 0.481 e. The molecule has 2 amide bonds. The van der Waals surface area contributed by atoms with Gasteiger partial charge in [0, 0.05) is 12.5 Å². The van der Waals surface area contributed by atoms with E-state index in [-0.39, 0.29) is 17.9 Å². The van der Waals surface area contributed by atoms with Gasteiger partial charge in [0.1, 0.15) is 12.6 Å². The fraction of sp³-hybridized carbons (Fsp3) is 0.444. The molecule has 1 fully saturated rings. The summed E-state index contributed by atoms with van der Waals surface area (Å²) in [5.74, 6) is -1.81. The van der Waals surface area contributed by atoms with E-state index in [9.17, 15) is 19.5 Å². The molecule has 0 spiro atoms. The molecule has 1 aliphatic heterocycles. The summed E-state index contributed by atoms with van der Waals surface area (Å²) >= 11 is 0. The quantitative estimate of drug-likeness (QED) is 0.537. The van der Waals surface area contributed by atoms with Crippen molar-refractivity contribution in [2.75, 3.05) is 33.3 Å². The van der Waals surface area contributed by atoms with Gasteiger partial charge in [-0.1, -0.05) is 55.5 Å². The summed E-state index contributed by atoms with van der Waals surface area (Å²) in [7, 11) is 2.07. The van der Waals surface area contributed by atoms with Crippen LogP contribution in [0.1, 0.15) is 43.2 Å². The topological polar surface area (TPSA) is 108 Å². The molecule has 2 aromatic rings. The Labute approximate surface area is 205 Å². The molecule has 3 N–H and O–H groups in total. The first-order valence-corrected chi connectivity index (χ1v) is 12.1. The van der Waals surface area contributed by atoms with Crippen molar-refractivity contribution in [2.45, 2.75) is 38.1 Å². The second kappa shape index (κ2) is 10.5. The van der Waals surface area contributed by atoms with Crippen molar-refractivity contribution in [1.29, 1.82) is 0 Å². The number of carbonyl (C=O) groups excluding carboxylic acids is 2. The van der Waals surface area contributed by atoms with Crippen LogP contribution in [0.4, 0.5) is 4.79 Å². The van der Waals surface area contributed by atoms with Crippen LogP contribution in [0.5, 0.6) is 0 Å². The number of carboxylic acids is 1. The number of nitrogens with zero attached hydrogens (tertiary/aromatic N) is 1. The SMILES string of the molecule is CN1CCC(C)(CNC(=O)C(CC(=O)O)NC(=O)OCC2c3ccccc3-c3ccccc32)CC1. The van der Waals surface area contributed by atoms with Gasteiger partial charge in [0.25, 0.3) is 0 Å². The molecular formula is C27H33N3O5. The highest BCUT2D eigenvalue weighted by Crippen LogP contribution is 2.44. The van der Waals surface area contributed by atoms with Gasteiger partial charge in [-0.2, -0.15) is 0 Å². The molecule has 0 aromatic heterocycles. The number of nitrogens with one attached hydrogen (secondary N) is 2. The van der Waals surface area contributed by atoms with Gasteiger partial charge >= 0.3 is 12.1 Å². The highest BCUT2D eigenvalue weighted by atomic mass is 16.5. The number of likely N-dealkylation sites (tertiary alicyclic amines) is 1. The summed E-state index contributed by atoms with van der Waals surface area (Å²) < 4.78 is 5.50. The Kier molecular flexibility index (Phi) is 7.40. The lowest BCUT2D eigenvalue weighted by atomic mass is 9.80. The van der Waals surface area contributed by atoms with Gasteiger partial charge in [0.2, 0.25) is 5.91 Å². The number of carbonyl (C=O) groups is 3. The van der Waals surface area contributed by atoms with Gasteiger partial charge in [-0.3, -0.25) is 9.59 Å². The number of ether oxygens (including phenoxy) is 1. The number of hydrogen-bond donors (Lipinski definition) is 3. The minimum Gasteiger partial charge on any atom is -0.481 e. The molecule has 35 heavy (non-hydrogen) atoms. The first-order valence-electron chi connectivity index (χ1n) is 12.1. The average molecular weight is 480 g/mol. The van der Waals surface area contributed by atoms with E-state index in [0.717, 1.165) is 48.2 Å². The molecule has 0 radical (unpaired) electrons. The molecule has 2 aromatic carbocycles. The third kappa shape index (κ3) is 5.82. The second-order valence-corrected chi connectivity index (χ2v) is 9.95. The zero-order valence-electron chi connectivity index (χ0n) is 20.3. The normalized spacial score (nSPS) is 17.7. The molecule has 4 rings (SSSR count). The first kappa shape index (κ1) is 24.7. The molecule has 1 saturated heterocycles. The van der Waals surface area contributed by atoms with E-state index in [4.69, 9.17) is 4.74 Å². The van der Waals surface area contributed by atoms with Crippen molar-refractivity contribution in [2.24, 2.45) is 5.41 Å². The average Bonchev–Trinajstić information content (AvgIpc) is 3.16. The smallest absolute Gasteiger partial charge is 0.407 e. The summed E-state index contributed by atoms with van der Waals surface area (Å²) in [6.07, 6.45) is 0.550. The maximum absolute atomic E-state index is 12.8. The summed E-state index contributed by atoms with van der Waals surface area (Å²) in [5, 5.41) is 14.6. The molecular weight excluding hydrogens is 446 g/mol. The molecule has 0 saturated carbocycles. The number of alkyl carbamates (subject to hydrolysis) is 1. The summed E-state index contributed by atoms with van der Waals surface area (Å²) in [6.45, 7) is 4.53. The molecule has 1 atom stereocenters. The Balaban J connectivity index is 1.36. The van der Waals surface area contributed by atoms with Crippen molar-refractivity contribution in [3.8, 4) is 11.1 Å². The maximum atomic E-state index is 12.8. The van der Waals surface area contributed by atoms with Gasteiger partial charge < -0.3 is 25.4 Å². The first-order chi connectivity index (χ1) is 16.8. The van der Waals surface area contributed by atoms with E-state index >= 15 is 0 Å². The van der Waals surface area contributed by atoms with E-state index in [1.807, 2.05) is 48.5 Å². The van der Waals surface area contributed by atoms with Crippen LogP contribution in [-0.4, -0.2) is 67.3 Å². The number of rotatable bonds is 8. The van der Waals surface area contributed by atoms with Gasteiger partial charge in [-0.15, -0.1) is 0 Å². The lowest BCUT2D eigenvalue weighted by molar-refractivity contribution is -0.139. The Hall–Kier alpha value is -3.39. The lowest BCUT2D eigenvalue weighted by Crippen LogP contribution is -2.51. The van der Waals surface area contributed by atoms with Gasteiger partial charge in [-0.05, 0) is 60.6 Å². The number of benzene rings is 2. The fourth-order valence-corrected chi connectivity index (χ4v) is 4.93. The van der Waals surface area contributed by atoms with Crippen LogP contribution < -0.4 is 10.6 Å². The lowest BCUT2D eigenvalue weighted by Gasteiger charge is -2.38. The highest BCUT2D eigenvalue weighted by molar-refractivity contribution is 5.89. The van der Waals surface area contributed by atoms with Crippen LogP contribution in [0.3, 0.4) is 0 Å². The van der Waals surface area contributed by atoms with Crippen LogP contribution in [-0.2, 0) is 14.3 Å². The van der Waals surface area contributed by atoms with Crippen LogP contribution in [0.2, 0.25) is 0 Å². The summed E-state index contributed by atoms with van der Waals surface area (Å²) in [6, 6.07) is 14.8. The van der Waals surface area contributed by atoms with Crippen LogP contribution in [0.25, 0.3) is 11.1 Å². The molecule has 0 bridgehead atoms. The fourth-order valence-electron chi connectivity index (χ4n) is 4.93. The van der Waals surface area contributed by atoms with E-state index in [1.54, 1.807) is 0 Å². The molecule has 8 nitrogen and oxygen atoms in total. The van der Waals surface area contributed by atoms with Gasteiger partial charge in [0.05, 0.1) is 6.42 Å². The molecule has 186 valence electrons. The Morgan fingerprint density at radius 2 is 1.63 bits per heavy atom. The second-order valence-electron chi connectivity index (χ2n) is 9.95. The van der Waals surface area contributed by atoms with Crippen molar-refractivity contribution in [3.05, 3.63) is 59.7 Å². The monoisotopic (exact) mass is 479 g/mol. The third-order valence-electron chi connectivity index (χ3n) is 7.21. The standard InChI is InChI=1S/C27H33N3O5/c1-27(11-13-30(2)14-12-27)17-28-25(33)23(15-24(31)32)29-26(34)35-16-22-20-9-5-3-7-18(20)19-8-4-6-10-21(19)22/h3-10,22-23H,11-17H2,1-2H3,(H,28,33)(H,29,34)(H,31,32). The molecule has 1 aliphatic carbocycles. The van der Waals surface area contributed by atoms with Crippen molar-refractivity contribution >= 4 is 18.0 Å². The predicted molar refractivity (Wildman–Crippen MR) is 132 cm³/mol. The number of fused-ring (bicyclic) bond motifs is 3. The van der Waals surface area contributed by atoms with Crippen molar-refractivity contribution in [3.63, 3.8) is 0 Å². The molecule has 1 heterocycles. The van der Waals surface area contributed by atoms with Crippen LogP contribution >= 0.6 is 0 Å². The predicted octanol–water partition coefficient (Wildman–Crippen LogP) is 3.22. The van der Waals surface area contributed by atoms with Gasteiger partial charge in [-0.25, -0.2) is 4.79 Å². The molecule has 1 unspecified atom stereocenters. The summed E-state index contributed by atoms with van der Waals surface area (Å²) in [5.41, 5.74) is 4.32. The zero-order chi connectivity index (χ0) is 25.0.